The lowest BCUT2D eigenvalue weighted by molar-refractivity contribution is -0.384. The monoisotopic (exact) mass is 281 g/mol. The van der Waals surface area contributed by atoms with Crippen LogP contribution in [0.2, 0.25) is 0 Å². The third-order valence-corrected chi connectivity index (χ3v) is 3.22. The summed E-state index contributed by atoms with van der Waals surface area (Å²) in [6.45, 7) is 0.399. The Kier molecular flexibility index (Phi) is 3.19. The van der Waals surface area contributed by atoms with E-state index in [1.165, 1.54) is 18.3 Å². The van der Waals surface area contributed by atoms with E-state index in [1.54, 1.807) is 10.6 Å². The van der Waals surface area contributed by atoms with Gasteiger partial charge >= 0.3 is 0 Å². The average molecular weight is 281 g/mol. The topological polar surface area (TPSA) is 78.0 Å². The summed E-state index contributed by atoms with van der Waals surface area (Å²) in [4.78, 5) is 26.3. The predicted octanol–water partition coefficient (Wildman–Crippen LogP) is 2.35. The molecule has 0 aliphatic heterocycles. The smallest absolute Gasteiger partial charge is 0.271 e. The minimum Gasteiger partial charge on any atom is -0.301 e. The fraction of sp³-hybridized carbons (Fsp3) is 0.0667. The molecule has 0 unspecified atom stereocenters. The van der Waals surface area contributed by atoms with E-state index >= 15 is 0 Å². The van der Waals surface area contributed by atoms with E-state index < -0.39 is 4.92 Å². The van der Waals surface area contributed by atoms with E-state index in [0.717, 1.165) is 5.56 Å². The lowest BCUT2D eigenvalue weighted by Crippen LogP contribution is -2.21. The van der Waals surface area contributed by atoms with Crippen molar-refractivity contribution in [3.05, 3.63) is 80.8 Å². The second kappa shape index (κ2) is 5.16. The van der Waals surface area contributed by atoms with Gasteiger partial charge in [-0.1, -0.05) is 30.3 Å². The summed E-state index contributed by atoms with van der Waals surface area (Å²) in [6.07, 6.45) is 1.19. The van der Waals surface area contributed by atoms with Gasteiger partial charge in [-0.15, -0.1) is 0 Å². The molecule has 0 aliphatic rings. The van der Waals surface area contributed by atoms with Crippen molar-refractivity contribution in [1.29, 1.82) is 0 Å². The number of rotatable bonds is 3. The number of fused-ring (bicyclic) bond motifs is 1. The van der Waals surface area contributed by atoms with Crippen molar-refractivity contribution < 1.29 is 4.92 Å². The molecule has 0 atom stereocenters. The highest BCUT2D eigenvalue weighted by atomic mass is 16.6. The van der Waals surface area contributed by atoms with Gasteiger partial charge in [0.25, 0.3) is 11.2 Å². The summed E-state index contributed by atoms with van der Waals surface area (Å²) in [7, 11) is 0. The molecule has 3 rings (SSSR count). The van der Waals surface area contributed by atoms with Crippen LogP contribution in [-0.4, -0.2) is 14.5 Å². The number of non-ortho nitro benzene ring substituents is 1. The Balaban J connectivity index is 2.15. The first-order chi connectivity index (χ1) is 10.1. The molecular weight excluding hydrogens is 270 g/mol. The van der Waals surface area contributed by atoms with Gasteiger partial charge in [0.2, 0.25) is 0 Å². The molecule has 0 fully saturated rings. The molecule has 0 saturated carbocycles. The molecule has 0 bridgehead atoms. The van der Waals surface area contributed by atoms with Crippen LogP contribution in [0, 0.1) is 10.1 Å². The van der Waals surface area contributed by atoms with Gasteiger partial charge in [0.05, 0.1) is 28.7 Å². The van der Waals surface area contributed by atoms with Crippen LogP contribution in [0.3, 0.4) is 0 Å². The number of hydrogen-bond acceptors (Lipinski definition) is 4. The molecule has 3 aromatic rings. The fourth-order valence-electron chi connectivity index (χ4n) is 2.20. The second-order valence-electron chi connectivity index (χ2n) is 4.60. The Morgan fingerprint density at radius 3 is 2.62 bits per heavy atom. The zero-order chi connectivity index (χ0) is 14.8. The maximum atomic E-state index is 12.0. The van der Waals surface area contributed by atoms with Gasteiger partial charge < -0.3 is 4.57 Å². The molecular formula is C15H11N3O3. The number of nitro benzene ring substituents is 1. The molecule has 0 amide bonds. The molecule has 0 spiro atoms. The van der Waals surface area contributed by atoms with Crippen LogP contribution in [0.25, 0.3) is 11.0 Å². The maximum Gasteiger partial charge on any atom is 0.271 e. The quantitative estimate of drug-likeness (QED) is 0.545. The predicted molar refractivity (Wildman–Crippen MR) is 78.2 cm³/mol. The minimum atomic E-state index is -0.478. The molecule has 6 nitrogen and oxygen atoms in total. The van der Waals surface area contributed by atoms with Crippen molar-refractivity contribution in [2.45, 2.75) is 6.54 Å². The number of benzene rings is 2. The van der Waals surface area contributed by atoms with Crippen molar-refractivity contribution in [3.63, 3.8) is 0 Å². The van der Waals surface area contributed by atoms with Crippen molar-refractivity contribution in [3.8, 4) is 0 Å². The van der Waals surface area contributed by atoms with Gasteiger partial charge in [0.1, 0.15) is 0 Å². The first kappa shape index (κ1) is 13.0. The van der Waals surface area contributed by atoms with Crippen LogP contribution in [0.1, 0.15) is 5.56 Å². The van der Waals surface area contributed by atoms with Crippen molar-refractivity contribution >= 4 is 16.7 Å². The van der Waals surface area contributed by atoms with Gasteiger partial charge in [-0.2, -0.15) is 0 Å². The number of nitrogens with zero attached hydrogens (tertiary/aromatic N) is 3. The van der Waals surface area contributed by atoms with Crippen LogP contribution in [-0.2, 0) is 6.54 Å². The van der Waals surface area contributed by atoms with E-state index in [1.807, 2.05) is 30.3 Å². The Bertz CT molecular complexity index is 872. The average Bonchev–Trinajstić information content (AvgIpc) is 2.50. The summed E-state index contributed by atoms with van der Waals surface area (Å²) in [5.41, 5.74) is 1.71. The number of nitro groups is 1. The molecule has 0 aliphatic carbocycles. The standard InChI is InChI=1S/C15H11N3O3/c19-15-9-16-13-8-12(18(20)21)6-7-14(13)17(15)10-11-4-2-1-3-5-11/h1-9H,10H2. The van der Waals surface area contributed by atoms with E-state index in [0.29, 0.717) is 17.6 Å². The van der Waals surface area contributed by atoms with E-state index in [-0.39, 0.29) is 11.2 Å². The van der Waals surface area contributed by atoms with Gasteiger partial charge in [-0.3, -0.25) is 14.9 Å². The summed E-state index contributed by atoms with van der Waals surface area (Å²) in [5, 5.41) is 10.8. The van der Waals surface area contributed by atoms with Crippen molar-refractivity contribution in [2.24, 2.45) is 0 Å². The third-order valence-electron chi connectivity index (χ3n) is 3.22. The molecule has 0 radical (unpaired) electrons. The van der Waals surface area contributed by atoms with Crippen LogP contribution in [0.15, 0.2) is 59.5 Å². The van der Waals surface area contributed by atoms with Crippen LogP contribution in [0.5, 0.6) is 0 Å². The lowest BCUT2D eigenvalue weighted by atomic mass is 10.2. The Hall–Kier alpha value is -3.02. The highest BCUT2D eigenvalue weighted by molar-refractivity contribution is 5.77. The molecule has 0 saturated heterocycles. The fourth-order valence-corrected chi connectivity index (χ4v) is 2.20. The van der Waals surface area contributed by atoms with Crippen LogP contribution < -0.4 is 5.56 Å². The summed E-state index contributed by atoms with van der Waals surface area (Å²) in [5.74, 6) is 0. The van der Waals surface area contributed by atoms with Crippen molar-refractivity contribution in [2.75, 3.05) is 0 Å². The molecule has 1 aromatic heterocycles. The number of hydrogen-bond donors (Lipinski definition) is 0. The normalized spacial score (nSPS) is 10.7. The van der Waals surface area contributed by atoms with Gasteiger partial charge in [-0.25, -0.2) is 4.98 Å². The molecule has 104 valence electrons. The molecule has 1 heterocycles. The largest absolute Gasteiger partial charge is 0.301 e. The highest BCUT2D eigenvalue weighted by Gasteiger charge is 2.10. The highest BCUT2D eigenvalue weighted by Crippen LogP contribution is 2.18. The zero-order valence-electron chi connectivity index (χ0n) is 11.0. The van der Waals surface area contributed by atoms with Gasteiger partial charge in [0.15, 0.2) is 0 Å². The minimum absolute atomic E-state index is 0.0417. The van der Waals surface area contributed by atoms with E-state index in [4.69, 9.17) is 0 Å². The molecule has 2 aromatic carbocycles. The van der Waals surface area contributed by atoms with Gasteiger partial charge in [-0.05, 0) is 11.6 Å². The summed E-state index contributed by atoms with van der Waals surface area (Å²) in [6, 6.07) is 13.9. The first-order valence-electron chi connectivity index (χ1n) is 6.33. The number of aromatic nitrogens is 2. The van der Waals surface area contributed by atoms with Crippen LogP contribution >= 0.6 is 0 Å². The van der Waals surface area contributed by atoms with E-state index in [9.17, 15) is 14.9 Å². The Morgan fingerprint density at radius 1 is 1.14 bits per heavy atom. The molecule has 21 heavy (non-hydrogen) atoms. The van der Waals surface area contributed by atoms with Gasteiger partial charge in [0, 0.05) is 12.1 Å². The maximum absolute atomic E-state index is 12.0. The Labute approximate surface area is 119 Å². The Morgan fingerprint density at radius 2 is 1.90 bits per heavy atom. The van der Waals surface area contributed by atoms with Crippen molar-refractivity contribution in [1.82, 2.24) is 9.55 Å². The van der Waals surface area contributed by atoms with Crippen LogP contribution in [0.4, 0.5) is 5.69 Å². The second-order valence-corrected chi connectivity index (χ2v) is 4.60. The van der Waals surface area contributed by atoms with E-state index in [2.05, 4.69) is 4.98 Å². The lowest BCUT2D eigenvalue weighted by Gasteiger charge is -2.09. The zero-order valence-corrected chi connectivity index (χ0v) is 11.0. The molecule has 6 heteroatoms. The third kappa shape index (κ3) is 2.51. The first-order valence-corrected chi connectivity index (χ1v) is 6.33. The summed E-state index contributed by atoms with van der Waals surface area (Å²) < 4.78 is 1.56. The SMILES string of the molecule is O=c1cnc2cc([N+](=O)[O-])ccc2n1Cc1ccccc1. The summed E-state index contributed by atoms with van der Waals surface area (Å²) >= 11 is 0. The molecule has 0 N–H and O–H groups in total.